The van der Waals surface area contributed by atoms with E-state index in [1.807, 2.05) is 24.3 Å². The number of nitriles is 1. The molecule has 1 unspecified atom stereocenters. The molecule has 2 heterocycles. The van der Waals surface area contributed by atoms with Crippen molar-refractivity contribution < 1.29 is 14.3 Å². The van der Waals surface area contributed by atoms with Crippen LogP contribution in [0, 0.1) is 11.3 Å². The summed E-state index contributed by atoms with van der Waals surface area (Å²) in [5.74, 6) is -0.693. The SMILES string of the molecule is C=CCN1CCc2cc(C3C(C#N)=C(N)OC(C)=C3C(=O)OCC)ccc21. The number of nitrogens with two attached hydrogens (primary N) is 1. The molecule has 2 aliphatic heterocycles. The predicted molar refractivity (Wildman–Crippen MR) is 103 cm³/mol. The number of anilines is 1. The first-order valence-electron chi connectivity index (χ1n) is 8.95. The number of allylic oxidation sites excluding steroid dienone is 2. The highest BCUT2D eigenvalue weighted by Crippen LogP contribution is 2.41. The van der Waals surface area contributed by atoms with E-state index in [1.54, 1.807) is 13.8 Å². The average molecular weight is 365 g/mol. The summed E-state index contributed by atoms with van der Waals surface area (Å²) in [5, 5.41) is 9.65. The molecular formula is C21H23N3O3. The van der Waals surface area contributed by atoms with Gasteiger partial charge in [-0.15, -0.1) is 6.58 Å². The zero-order valence-electron chi connectivity index (χ0n) is 15.6. The Labute approximate surface area is 159 Å². The van der Waals surface area contributed by atoms with Crippen molar-refractivity contribution >= 4 is 11.7 Å². The number of fused-ring (bicyclic) bond motifs is 1. The number of esters is 1. The molecule has 0 aromatic heterocycles. The zero-order chi connectivity index (χ0) is 19.6. The maximum absolute atomic E-state index is 12.6. The summed E-state index contributed by atoms with van der Waals surface area (Å²) in [6, 6.07) is 8.12. The molecule has 0 saturated heterocycles. The summed E-state index contributed by atoms with van der Waals surface area (Å²) in [4.78, 5) is 14.8. The molecule has 0 fully saturated rings. The molecule has 2 aliphatic rings. The van der Waals surface area contributed by atoms with Gasteiger partial charge in [0.25, 0.3) is 0 Å². The van der Waals surface area contributed by atoms with Gasteiger partial charge in [-0.25, -0.2) is 4.79 Å². The molecular weight excluding hydrogens is 342 g/mol. The fourth-order valence-corrected chi connectivity index (χ4v) is 3.70. The fraction of sp³-hybridized carbons (Fsp3) is 0.333. The second-order valence-corrected chi connectivity index (χ2v) is 6.49. The first-order chi connectivity index (χ1) is 13.0. The lowest BCUT2D eigenvalue weighted by Crippen LogP contribution is -2.25. The van der Waals surface area contributed by atoms with Gasteiger partial charge in [0.15, 0.2) is 0 Å². The molecule has 1 aromatic carbocycles. The van der Waals surface area contributed by atoms with Gasteiger partial charge in [-0.05, 0) is 37.5 Å². The van der Waals surface area contributed by atoms with Crippen LogP contribution in [0.15, 0.2) is 53.6 Å². The summed E-state index contributed by atoms with van der Waals surface area (Å²) in [6.45, 7) is 9.15. The maximum Gasteiger partial charge on any atom is 0.338 e. The maximum atomic E-state index is 12.6. The van der Waals surface area contributed by atoms with Crippen LogP contribution < -0.4 is 10.6 Å². The number of rotatable bonds is 5. The minimum Gasteiger partial charge on any atom is -0.463 e. The molecule has 140 valence electrons. The van der Waals surface area contributed by atoms with Crippen LogP contribution in [0.2, 0.25) is 0 Å². The number of carbonyl (C=O) groups is 1. The third kappa shape index (κ3) is 3.28. The monoisotopic (exact) mass is 365 g/mol. The standard InChI is InChI=1S/C21H23N3O3/c1-4-9-24-10-8-14-11-15(6-7-17(14)24)19-16(12-22)20(23)27-13(3)18(19)21(25)26-5-2/h4,6-7,11,19H,1,5,8-10,23H2,2-3H3. The highest BCUT2D eigenvalue weighted by atomic mass is 16.5. The number of nitrogens with zero attached hydrogens (tertiary/aromatic N) is 2. The van der Waals surface area contributed by atoms with E-state index in [4.69, 9.17) is 15.2 Å². The number of hydrogen-bond donors (Lipinski definition) is 1. The lowest BCUT2D eigenvalue weighted by Gasteiger charge is -2.27. The largest absolute Gasteiger partial charge is 0.463 e. The smallest absolute Gasteiger partial charge is 0.338 e. The number of carbonyl (C=O) groups excluding carboxylic acids is 1. The van der Waals surface area contributed by atoms with Crippen molar-refractivity contribution in [1.82, 2.24) is 0 Å². The van der Waals surface area contributed by atoms with Crippen molar-refractivity contribution in [2.24, 2.45) is 5.73 Å². The Hall–Kier alpha value is -3.20. The molecule has 2 N–H and O–H groups in total. The van der Waals surface area contributed by atoms with Gasteiger partial charge in [0.2, 0.25) is 5.88 Å². The van der Waals surface area contributed by atoms with Gasteiger partial charge < -0.3 is 20.1 Å². The van der Waals surface area contributed by atoms with Crippen molar-refractivity contribution in [1.29, 1.82) is 5.26 Å². The number of hydrogen-bond acceptors (Lipinski definition) is 6. The molecule has 3 rings (SSSR count). The Morgan fingerprint density at radius 3 is 3.00 bits per heavy atom. The molecule has 0 amide bonds. The van der Waals surface area contributed by atoms with Gasteiger partial charge in [0, 0.05) is 18.8 Å². The van der Waals surface area contributed by atoms with Gasteiger partial charge in [-0.2, -0.15) is 5.26 Å². The Kier molecular flexibility index (Phi) is 5.22. The highest BCUT2D eigenvalue weighted by Gasteiger charge is 2.36. The van der Waals surface area contributed by atoms with Crippen molar-refractivity contribution in [3.8, 4) is 6.07 Å². The van der Waals surface area contributed by atoms with Crippen molar-refractivity contribution in [3.63, 3.8) is 0 Å². The second-order valence-electron chi connectivity index (χ2n) is 6.49. The van der Waals surface area contributed by atoms with Gasteiger partial charge >= 0.3 is 5.97 Å². The van der Waals surface area contributed by atoms with E-state index < -0.39 is 11.9 Å². The number of ether oxygens (including phenoxy) is 2. The van der Waals surface area contributed by atoms with Crippen LogP contribution in [0.5, 0.6) is 0 Å². The van der Waals surface area contributed by atoms with Crippen molar-refractivity contribution in [2.75, 3.05) is 24.6 Å². The van der Waals surface area contributed by atoms with E-state index >= 15 is 0 Å². The van der Waals surface area contributed by atoms with Gasteiger partial charge in [-0.3, -0.25) is 0 Å². The topological polar surface area (TPSA) is 88.6 Å². The Balaban J connectivity index is 2.08. The predicted octanol–water partition coefficient (Wildman–Crippen LogP) is 2.88. The molecule has 1 aromatic rings. The van der Waals surface area contributed by atoms with Crippen LogP contribution in [0.25, 0.3) is 0 Å². The lowest BCUT2D eigenvalue weighted by atomic mass is 9.82. The minimum atomic E-state index is -0.596. The lowest BCUT2D eigenvalue weighted by molar-refractivity contribution is -0.139. The third-order valence-corrected chi connectivity index (χ3v) is 4.88. The molecule has 27 heavy (non-hydrogen) atoms. The Morgan fingerprint density at radius 1 is 1.56 bits per heavy atom. The second kappa shape index (κ2) is 7.58. The Morgan fingerprint density at radius 2 is 2.33 bits per heavy atom. The molecule has 0 spiro atoms. The first-order valence-corrected chi connectivity index (χ1v) is 8.95. The van der Waals surface area contributed by atoms with E-state index in [2.05, 4.69) is 17.5 Å². The molecule has 6 heteroatoms. The van der Waals surface area contributed by atoms with E-state index in [0.29, 0.717) is 11.3 Å². The number of benzene rings is 1. The molecule has 6 nitrogen and oxygen atoms in total. The quantitative estimate of drug-likeness (QED) is 0.638. The highest BCUT2D eigenvalue weighted by molar-refractivity contribution is 5.92. The van der Waals surface area contributed by atoms with Crippen LogP contribution in [0.4, 0.5) is 5.69 Å². The molecule has 0 aliphatic carbocycles. The van der Waals surface area contributed by atoms with Gasteiger partial charge in [-0.1, -0.05) is 18.2 Å². The summed E-state index contributed by atoms with van der Waals surface area (Å²) < 4.78 is 10.7. The molecule has 0 radical (unpaired) electrons. The van der Waals surface area contributed by atoms with Crippen LogP contribution in [-0.4, -0.2) is 25.7 Å². The minimum absolute atomic E-state index is 0.0295. The fourth-order valence-electron chi connectivity index (χ4n) is 3.70. The van der Waals surface area contributed by atoms with E-state index in [9.17, 15) is 10.1 Å². The van der Waals surface area contributed by atoms with Crippen molar-refractivity contribution in [2.45, 2.75) is 26.2 Å². The van der Waals surface area contributed by atoms with E-state index in [-0.39, 0.29) is 18.1 Å². The molecule has 0 bridgehead atoms. The first kappa shape index (κ1) is 18.6. The van der Waals surface area contributed by atoms with Crippen molar-refractivity contribution in [3.05, 3.63) is 64.8 Å². The van der Waals surface area contributed by atoms with E-state index in [1.165, 1.54) is 5.56 Å². The van der Waals surface area contributed by atoms with Gasteiger partial charge in [0.1, 0.15) is 17.4 Å². The van der Waals surface area contributed by atoms with Crippen LogP contribution >= 0.6 is 0 Å². The van der Waals surface area contributed by atoms with E-state index in [0.717, 1.165) is 30.8 Å². The summed E-state index contributed by atoms with van der Waals surface area (Å²) in [6.07, 6.45) is 2.78. The molecule has 1 atom stereocenters. The van der Waals surface area contributed by atoms with Crippen LogP contribution in [0.1, 0.15) is 30.9 Å². The third-order valence-electron chi connectivity index (χ3n) is 4.88. The average Bonchev–Trinajstić information content (AvgIpc) is 3.03. The Bertz CT molecular complexity index is 892. The molecule has 0 saturated carbocycles. The summed E-state index contributed by atoms with van der Waals surface area (Å²) in [5.41, 5.74) is 9.66. The summed E-state index contributed by atoms with van der Waals surface area (Å²) >= 11 is 0. The van der Waals surface area contributed by atoms with Crippen LogP contribution in [0.3, 0.4) is 0 Å². The van der Waals surface area contributed by atoms with Gasteiger partial charge in [0.05, 0.1) is 18.1 Å². The zero-order valence-corrected chi connectivity index (χ0v) is 15.6. The normalized spacial score (nSPS) is 18.7. The van der Waals surface area contributed by atoms with Crippen LogP contribution in [-0.2, 0) is 20.7 Å². The summed E-state index contributed by atoms with van der Waals surface area (Å²) in [7, 11) is 0.